The molecule has 2 aromatic heterocycles. The zero-order valence-corrected chi connectivity index (χ0v) is 25.6. The Bertz CT molecular complexity index is 1960. The van der Waals surface area contributed by atoms with Crippen LogP contribution in [0, 0.1) is 19.7 Å². The number of carbonyl (C=O) groups excluding carboxylic acids is 2. The van der Waals surface area contributed by atoms with Gasteiger partial charge in [-0.15, -0.1) is 0 Å². The number of nitrogens with zero attached hydrogens (tertiary/aromatic N) is 4. The van der Waals surface area contributed by atoms with E-state index in [1.54, 1.807) is 57.0 Å². The summed E-state index contributed by atoms with van der Waals surface area (Å²) < 4.78 is 17.5. The van der Waals surface area contributed by atoms with E-state index in [2.05, 4.69) is 15.6 Å². The van der Waals surface area contributed by atoms with Gasteiger partial charge in [-0.3, -0.25) is 19.0 Å². The number of aryl methyl sites for hydroxylation is 2. The third-order valence-corrected chi connectivity index (χ3v) is 7.78. The van der Waals surface area contributed by atoms with Crippen LogP contribution in [0.25, 0.3) is 27.8 Å². The number of nitrogens with one attached hydrogen (secondary N) is 2. The Morgan fingerprint density at radius 3 is 2.52 bits per heavy atom. The molecule has 226 valence electrons. The van der Waals surface area contributed by atoms with Crippen molar-refractivity contribution in [3.05, 3.63) is 111 Å². The standard InChI is InChI=1S/C34H35FN6O3/c1-20-10-11-24(33(43)39(5)6)15-27(20)30-17-37-31(38-32(42)22(3)36-4)34(44)41(30)19-23-8-7-9-26(14-23)40-18-21(2)28-16-25(35)12-13-29(28)40/h7-18,22,36H,19H2,1-6H3,(H,37,38,42)/t22-/m0/s1. The molecule has 0 fully saturated rings. The maximum atomic E-state index is 14.0. The largest absolute Gasteiger partial charge is 0.345 e. The lowest BCUT2D eigenvalue weighted by Gasteiger charge is -2.19. The molecule has 0 saturated carbocycles. The van der Waals surface area contributed by atoms with Gasteiger partial charge in [-0.2, -0.15) is 0 Å². The molecule has 2 N–H and O–H groups in total. The smallest absolute Gasteiger partial charge is 0.294 e. The van der Waals surface area contributed by atoms with Crippen LogP contribution < -0.4 is 16.2 Å². The van der Waals surface area contributed by atoms with Crippen molar-refractivity contribution in [2.24, 2.45) is 0 Å². The second kappa shape index (κ2) is 12.3. The number of rotatable bonds is 8. The Labute approximate surface area is 255 Å². The van der Waals surface area contributed by atoms with Gasteiger partial charge in [0.15, 0.2) is 5.82 Å². The Morgan fingerprint density at radius 1 is 1.02 bits per heavy atom. The van der Waals surface area contributed by atoms with E-state index in [9.17, 15) is 18.8 Å². The van der Waals surface area contributed by atoms with Crippen molar-refractivity contribution >= 4 is 28.5 Å². The van der Waals surface area contributed by atoms with Gasteiger partial charge in [0.25, 0.3) is 11.5 Å². The third kappa shape index (κ3) is 5.89. The third-order valence-electron chi connectivity index (χ3n) is 7.78. The molecular weight excluding hydrogens is 559 g/mol. The number of amides is 2. The van der Waals surface area contributed by atoms with E-state index in [-0.39, 0.29) is 30.0 Å². The van der Waals surface area contributed by atoms with Crippen LogP contribution in [0.3, 0.4) is 0 Å². The van der Waals surface area contributed by atoms with Crippen molar-refractivity contribution in [1.82, 2.24) is 24.3 Å². The van der Waals surface area contributed by atoms with Crippen LogP contribution in [0.1, 0.15) is 34.0 Å². The van der Waals surface area contributed by atoms with Crippen LogP contribution in [-0.4, -0.2) is 58.0 Å². The molecule has 0 aliphatic rings. The van der Waals surface area contributed by atoms with Crippen LogP contribution in [0.4, 0.5) is 10.2 Å². The molecule has 44 heavy (non-hydrogen) atoms. The number of benzene rings is 3. The molecule has 5 rings (SSSR count). The highest BCUT2D eigenvalue weighted by Gasteiger charge is 2.20. The molecule has 3 aromatic carbocycles. The molecule has 0 radical (unpaired) electrons. The quantitative estimate of drug-likeness (QED) is 0.266. The minimum atomic E-state index is -0.537. The van der Waals surface area contributed by atoms with Crippen molar-refractivity contribution in [3.8, 4) is 16.9 Å². The van der Waals surface area contributed by atoms with Gasteiger partial charge >= 0.3 is 0 Å². The van der Waals surface area contributed by atoms with Crippen molar-refractivity contribution in [2.75, 3.05) is 26.5 Å². The molecule has 1 atom stereocenters. The van der Waals surface area contributed by atoms with Gasteiger partial charge in [-0.1, -0.05) is 18.2 Å². The molecule has 0 aliphatic carbocycles. The number of carbonyl (C=O) groups is 2. The molecule has 0 unspecified atom stereocenters. The van der Waals surface area contributed by atoms with Gasteiger partial charge in [0, 0.05) is 42.5 Å². The van der Waals surface area contributed by atoms with Gasteiger partial charge in [0.1, 0.15) is 5.82 Å². The molecule has 10 heteroatoms. The minimum absolute atomic E-state index is 0.0933. The van der Waals surface area contributed by atoms with Gasteiger partial charge in [0.2, 0.25) is 5.91 Å². The molecular formula is C34H35FN6O3. The first kappa shape index (κ1) is 30.4. The van der Waals surface area contributed by atoms with E-state index in [4.69, 9.17) is 0 Å². The summed E-state index contributed by atoms with van der Waals surface area (Å²) in [6.07, 6.45) is 3.51. The number of hydrogen-bond donors (Lipinski definition) is 2. The summed E-state index contributed by atoms with van der Waals surface area (Å²) in [5, 5.41) is 6.33. The topological polar surface area (TPSA) is 101 Å². The first-order chi connectivity index (χ1) is 21.0. The first-order valence-corrected chi connectivity index (χ1v) is 14.3. The van der Waals surface area contributed by atoms with E-state index in [0.717, 1.165) is 33.3 Å². The van der Waals surface area contributed by atoms with Crippen molar-refractivity contribution in [1.29, 1.82) is 0 Å². The number of fused-ring (bicyclic) bond motifs is 1. The average Bonchev–Trinajstić information content (AvgIpc) is 3.34. The normalized spacial score (nSPS) is 11.9. The zero-order chi connectivity index (χ0) is 31.7. The van der Waals surface area contributed by atoms with Gasteiger partial charge in [0.05, 0.1) is 30.0 Å². The van der Waals surface area contributed by atoms with Gasteiger partial charge in [-0.25, -0.2) is 9.37 Å². The Hall–Kier alpha value is -5.09. The zero-order valence-electron chi connectivity index (χ0n) is 25.6. The van der Waals surface area contributed by atoms with E-state index < -0.39 is 11.6 Å². The summed E-state index contributed by atoms with van der Waals surface area (Å²) in [6, 6.07) is 17.3. The fourth-order valence-corrected chi connectivity index (χ4v) is 5.16. The predicted octanol–water partition coefficient (Wildman–Crippen LogP) is 4.91. The monoisotopic (exact) mass is 594 g/mol. The SMILES string of the molecule is CN[C@@H](C)C(=O)Nc1ncc(-c2cc(C(=O)N(C)C)ccc2C)n(Cc2cccc(-n3cc(C)c4cc(F)ccc43)c2)c1=O. The lowest BCUT2D eigenvalue weighted by atomic mass is 10.0. The summed E-state index contributed by atoms with van der Waals surface area (Å²) in [5.41, 5.74) is 5.50. The van der Waals surface area contributed by atoms with Crippen LogP contribution in [0.2, 0.25) is 0 Å². The Balaban J connectivity index is 1.64. The van der Waals surface area contributed by atoms with Crippen molar-refractivity contribution < 1.29 is 14.0 Å². The van der Waals surface area contributed by atoms with Crippen LogP contribution in [0.5, 0.6) is 0 Å². The summed E-state index contributed by atoms with van der Waals surface area (Å²) >= 11 is 0. The minimum Gasteiger partial charge on any atom is -0.345 e. The summed E-state index contributed by atoms with van der Waals surface area (Å²) in [7, 11) is 5.02. The summed E-state index contributed by atoms with van der Waals surface area (Å²) in [6.45, 7) is 5.69. The van der Waals surface area contributed by atoms with E-state index in [1.807, 2.05) is 54.9 Å². The maximum absolute atomic E-state index is 14.0. The van der Waals surface area contributed by atoms with Crippen LogP contribution in [0.15, 0.2) is 77.9 Å². The number of likely N-dealkylation sites (N-methyl/N-ethyl adjacent to an activating group) is 1. The second-order valence-electron chi connectivity index (χ2n) is 11.1. The number of aromatic nitrogens is 3. The number of hydrogen-bond acceptors (Lipinski definition) is 5. The second-order valence-corrected chi connectivity index (χ2v) is 11.1. The lowest BCUT2D eigenvalue weighted by Crippen LogP contribution is -2.38. The van der Waals surface area contributed by atoms with Gasteiger partial charge in [-0.05, 0) is 87.0 Å². The molecule has 2 heterocycles. The van der Waals surface area contributed by atoms with Crippen LogP contribution >= 0.6 is 0 Å². The molecule has 2 amide bonds. The molecule has 0 aliphatic heterocycles. The molecule has 0 saturated heterocycles. The van der Waals surface area contributed by atoms with E-state index in [0.29, 0.717) is 16.8 Å². The molecule has 0 bridgehead atoms. The van der Waals surface area contributed by atoms with Crippen molar-refractivity contribution in [2.45, 2.75) is 33.4 Å². The molecule has 9 nitrogen and oxygen atoms in total. The maximum Gasteiger partial charge on any atom is 0.294 e. The Morgan fingerprint density at radius 2 is 1.80 bits per heavy atom. The fraction of sp³-hybridized carbons (Fsp3) is 0.235. The molecule has 5 aromatic rings. The van der Waals surface area contributed by atoms with Gasteiger partial charge < -0.3 is 20.1 Å². The average molecular weight is 595 g/mol. The van der Waals surface area contributed by atoms with Crippen molar-refractivity contribution in [3.63, 3.8) is 0 Å². The highest BCUT2D eigenvalue weighted by molar-refractivity contribution is 5.95. The highest BCUT2D eigenvalue weighted by Crippen LogP contribution is 2.28. The summed E-state index contributed by atoms with van der Waals surface area (Å²) in [4.78, 5) is 45.3. The lowest BCUT2D eigenvalue weighted by molar-refractivity contribution is -0.117. The van der Waals surface area contributed by atoms with E-state index in [1.165, 1.54) is 17.0 Å². The fourth-order valence-electron chi connectivity index (χ4n) is 5.16. The number of anilines is 1. The Kier molecular flexibility index (Phi) is 8.46. The van der Waals surface area contributed by atoms with E-state index >= 15 is 0 Å². The molecule has 0 spiro atoms. The predicted molar refractivity (Wildman–Crippen MR) is 171 cm³/mol. The number of halogens is 1. The first-order valence-electron chi connectivity index (χ1n) is 14.3. The summed E-state index contributed by atoms with van der Waals surface area (Å²) in [5.74, 6) is -0.945. The highest BCUT2D eigenvalue weighted by atomic mass is 19.1. The van der Waals surface area contributed by atoms with Crippen LogP contribution in [-0.2, 0) is 11.3 Å².